The van der Waals surface area contributed by atoms with Crippen LogP contribution in [0.1, 0.15) is 18.4 Å². The summed E-state index contributed by atoms with van der Waals surface area (Å²) in [5, 5.41) is 0.622. The van der Waals surface area contributed by atoms with E-state index in [1.54, 1.807) is 6.26 Å². The summed E-state index contributed by atoms with van der Waals surface area (Å²) < 4.78 is 11.8. The van der Waals surface area contributed by atoms with E-state index in [1.165, 1.54) is 12.8 Å². The van der Waals surface area contributed by atoms with E-state index in [9.17, 15) is 4.79 Å². The second kappa shape index (κ2) is 5.21. The van der Waals surface area contributed by atoms with Gasteiger partial charge in [0.2, 0.25) is 5.43 Å². The van der Waals surface area contributed by atoms with Gasteiger partial charge in [-0.1, -0.05) is 30.3 Å². The number of fused-ring (bicyclic) bond motifs is 3. The molecule has 1 fully saturated rings. The molecule has 0 bridgehead atoms. The van der Waals surface area contributed by atoms with Gasteiger partial charge in [0.05, 0.1) is 16.5 Å². The second-order valence-corrected chi connectivity index (χ2v) is 6.51. The topological polar surface area (TPSA) is 42.7 Å². The first kappa shape index (κ1) is 13.8. The van der Waals surface area contributed by atoms with Crippen molar-refractivity contribution in [3.05, 3.63) is 64.5 Å². The van der Waals surface area contributed by atoms with Crippen LogP contribution in [0.4, 0.5) is 0 Å². The molecule has 2 aliphatic rings. The molecule has 0 amide bonds. The Kier molecular flexibility index (Phi) is 3.00. The molecular weight excluding hydrogens is 302 g/mol. The minimum atomic E-state index is 0.00814. The monoisotopic (exact) mass is 319 g/mol. The number of ether oxygens (including phenoxy) is 1. The maximum atomic E-state index is 12.9. The van der Waals surface area contributed by atoms with Crippen molar-refractivity contribution in [1.82, 2.24) is 4.90 Å². The Morgan fingerprint density at radius 1 is 1.04 bits per heavy atom. The predicted molar refractivity (Wildman–Crippen MR) is 92.0 cm³/mol. The largest absolute Gasteiger partial charge is 0.478 e. The van der Waals surface area contributed by atoms with E-state index in [0.29, 0.717) is 29.3 Å². The molecule has 2 aromatic carbocycles. The van der Waals surface area contributed by atoms with Crippen molar-refractivity contribution in [2.75, 3.05) is 6.73 Å². The van der Waals surface area contributed by atoms with Gasteiger partial charge in [0.1, 0.15) is 24.3 Å². The SMILES string of the molecule is O=c1c(-c2ccccc2)coc2c3c(ccc12)OCN(C1CC1)C3. The molecule has 1 aliphatic carbocycles. The van der Waals surface area contributed by atoms with Crippen LogP contribution in [0.5, 0.6) is 5.75 Å². The molecule has 3 aromatic rings. The highest BCUT2D eigenvalue weighted by Crippen LogP contribution is 2.36. The maximum absolute atomic E-state index is 12.9. The summed E-state index contributed by atoms with van der Waals surface area (Å²) in [6, 6.07) is 14.0. The Morgan fingerprint density at radius 3 is 2.67 bits per heavy atom. The molecular formula is C20H17NO3. The van der Waals surface area contributed by atoms with E-state index in [4.69, 9.17) is 9.15 Å². The van der Waals surface area contributed by atoms with Gasteiger partial charge >= 0.3 is 0 Å². The van der Waals surface area contributed by atoms with Gasteiger partial charge in [0, 0.05) is 12.6 Å². The van der Waals surface area contributed by atoms with Crippen molar-refractivity contribution in [2.45, 2.75) is 25.4 Å². The molecule has 120 valence electrons. The van der Waals surface area contributed by atoms with Crippen LogP contribution in [-0.2, 0) is 6.54 Å². The van der Waals surface area contributed by atoms with Gasteiger partial charge < -0.3 is 9.15 Å². The molecule has 5 rings (SSSR count). The van der Waals surface area contributed by atoms with Gasteiger partial charge in [-0.05, 0) is 30.5 Å². The molecule has 0 atom stereocenters. The quantitative estimate of drug-likeness (QED) is 0.721. The zero-order valence-corrected chi connectivity index (χ0v) is 13.2. The van der Waals surface area contributed by atoms with Gasteiger partial charge in [-0.25, -0.2) is 0 Å². The molecule has 2 heterocycles. The highest BCUT2D eigenvalue weighted by molar-refractivity contribution is 5.85. The molecule has 0 radical (unpaired) electrons. The van der Waals surface area contributed by atoms with Crippen LogP contribution in [-0.4, -0.2) is 17.7 Å². The number of hydrogen-bond donors (Lipinski definition) is 0. The van der Waals surface area contributed by atoms with Crippen LogP contribution in [0.3, 0.4) is 0 Å². The molecule has 1 aliphatic heterocycles. The lowest BCUT2D eigenvalue weighted by Crippen LogP contribution is -2.33. The third kappa shape index (κ3) is 2.14. The van der Waals surface area contributed by atoms with Gasteiger partial charge in [-0.2, -0.15) is 0 Å². The van der Waals surface area contributed by atoms with Gasteiger partial charge in [0.15, 0.2) is 0 Å². The molecule has 1 saturated carbocycles. The summed E-state index contributed by atoms with van der Waals surface area (Å²) in [5.41, 5.74) is 3.12. The van der Waals surface area contributed by atoms with Crippen LogP contribution in [0.15, 0.2) is 57.9 Å². The first-order valence-corrected chi connectivity index (χ1v) is 8.31. The number of hydrogen-bond acceptors (Lipinski definition) is 4. The molecule has 0 spiro atoms. The highest BCUT2D eigenvalue weighted by atomic mass is 16.5. The summed E-state index contributed by atoms with van der Waals surface area (Å²) >= 11 is 0. The lowest BCUT2D eigenvalue weighted by molar-refractivity contribution is 0.0885. The van der Waals surface area contributed by atoms with Crippen molar-refractivity contribution < 1.29 is 9.15 Å². The Morgan fingerprint density at radius 2 is 1.88 bits per heavy atom. The normalized spacial score (nSPS) is 17.5. The fourth-order valence-electron chi connectivity index (χ4n) is 3.42. The van der Waals surface area contributed by atoms with E-state index >= 15 is 0 Å². The Bertz CT molecular complexity index is 973. The second-order valence-electron chi connectivity index (χ2n) is 6.51. The summed E-state index contributed by atoms with van der Waals surface area (Å²) in [4.78, 5) is 15.2. The maximum Gasteiger partial charge on any atom is 0.200 e. The first-order valence-electron chi connectivity index (χ1n) is 8.31. The first-order chi connectivity index (χ1) is 11.8. The van der Waals surface area contributed by atoms with Crippen molar-refractivity contribution in [1.29, 1.82) is 0 Å². The lowest BCUT2D eigenvalue weighted by atomic mass is 10.0. The zero-order chi connectivity index (χ0) is 16.1. The summed E-state index contributed by atoms with van der Waals surface area (Å²) in [6.07, 6.45) is 4.04. The standard InChI is InChI=1S/C20H17NO3/c22-19-15-8-9-18-16(10-21(12-24-18)14-6-7-14)20(15)23-11-17(19)13-4-2-1-3-5-13/h1-5,8-9,11,14H,6-7,10,12H2. The minimum absolute atomic E-state index is 0.00814. The van der Waals surface area contributed by atoms with Crippen LogP contribution in [0.2, 0.25) is 0 Å². The number of rotatable bonds is 2. The number of benzene rings is 2. The van der Waals surface area contributed by atoms with E-state index in [2.05, 4.69) is 4.90 Å². The van der Waals surface area contributed by atoms with Gasteiger partial charge in [0.25, 0.3) is 0 Å². The summed E-state index contributed by atoms with van der Waals surface area (Å²) in [5.74, 6) is 0.829. The lowest BCUT2D eigenvalue weighted by Gasteiger charge is -2.29. The smallest absolute Gasteiger partial charge is 0.200 e. The average Bonchev–Trinajstić information content (AvgIpc) is 3.47. The third-order valence-corrected chi connectivity index (χ3v) is 4.90. The van der Waals surface area contributed by atoms with Gasteiger partial charge in [-0.15, -0.1) is 0 Å². The van der Waals surface area contributed by atoms with Crippen LogP contribution in [0, 0.1) is 0 Å². The molecule has 4 heteroatoms. The Balaban J connectivity index is 1.67. The molecule has 24 heavy (non-hydrogen) atoms. The Labute approximate surface area is 139 Å². The van der Waals surface area contributed by atoms with E-state index in [-0.39, 0.29) is 5.43 Å². The van der Waals surface area contributed by atoms with E-state index in [1.807, 2.05) is 42.5 Å². The van der Waals surface area contributed by atoms with Crippen molar-refractivity contribution in [2.24, 2.45) is 0 Å². The average molecular weight is 319 g/mol. The fraction of sp³-hybridized carbons (Fsp3) is 0.250. The minimum Gasteiger partial charge on any atom is -0.478 e. The summed E-state index contributed by atoms with van der Waals surface area (Å²) in [7, 11) is 0. The van der Waals surface area contributed by atoms with E-state index in [0.717, 1.165) is 23.4 Å². The summed E-state index contributed by atoms with van der Waals surface area (Å²) in [6.45, 7) is 1.40. The fourth-order valence-corrected chi connectivity index (χ4v) is 3.42. The zero-order valence-electron chi connectivity index (χ0n) is 13.2. The molecule has 0 N–H and O–H groups in total. The van der Waals surface area contributed by atoms with E-state index < -0.39 is 0 Å². The Hall–Kier alpha value is -2.59. The van der Waals surface area contributed by atoms with Crippen LogP contribution < -0.4 is 10.2 Å². The van der Waals surface area contributed by atoms with Crippen molar-refractivity contribution in [3.8, 4) is 16.9 Å². The number of nitrogens with zero attached hydrogens (tertiary/aromatic N) is 1. The molecule has 0 unspecified atom stereocenters. The molecule has 0 saturated heterocycles. The molecule has 4 nitrogen and oxygen atoms in total. The van der Waals surface area contributed by atoms with Crippen LogP contribution in [0.25, 0.3) is 22.1 Å². The van der Waals surface area contributed by atoms with Gasteiger partial charge in [-0.3, -0.25) is 9.69 Å². The predicted octanol–water partition coefficient (Wildman–Crippen LogP) is 3.77. The van der Waals surface area contributed by atoms with Crippen molar-refractivity contribution in [3.63, 3.8) is 0 Å². The van der Waals surface area contributed by atoms with Crippen LogP contribution >= 0.6 is 0 Å². The molecule has 1 aromatic heterocycles. The third-order valence-electron chi connectivity index (χ3n) is 4.90. The van der Waals surface area contributed by atoms with Crippen molar-refractivity contribution >= 4 is 11.0 Å². The highest BCUT2D eigenvalue weighted by Gasteiger charge is 2.33.